The molecular weight excluding hydrogens is 238 g/mol. The van der Waals surface area contributed by atoms with Crippen molar-refractivity contribution in [3.8, 4) is 0 Å². The van der Waals surface area contributed by atoms with Gasteiger partial charge in [-0.05, 0) is 51.5 Å². The third kappa shape index (κ3) is 3.29. The smallest absolute Gasteiger partial charge is 0.237 e. The predicted molar refractivity (Wildman–Crippen MR) is 77.8 cm³/mol. The van der Waals surface area contributed by atoms with Crippen molar-refractivity contribution in [3.63, 3.8) is 0 Å². The maximum Gasteiger partial charge on any atom is 0.237 e. The van der Waals surface area contributed by atoms with E-state index in [9.17, 15) is 4.79 Å². The van der Waals surface area contributed by atoms with E-state index in [1.807, 2.05) is 7.05 Å². The van der Waals surface area contributed by atoms with E-state index in [4.69, 9.17) is 5.73 Å². The molecule has 2 unspecified atom stereocenters. The second-order valence-electron chi connectivity index (χ2n) is 6.77. The molecule has 2 saturated carbocycles. The van der Waals surface area contributed by atoms with Gasteiger partial charge in [-0.15, -0.1) is 0 Å². The third-order valence-electron chi connectivity index (χ3n) is 4.74. The van der Waals surface area contributed by atoms with Crippen LogP contribution in [0.4, 0.5) is 0 Å². The maximum atomic E-state index is 11.8. The molecule has 0 aromatic carbocycles. The van der Waals surface area contributed by atoms with Crippen molar-refractivity contribution in [1.29, 1.82) is 0 Å². The van der Waals surface area contributed by atoms with Gasteiger partial charge in [0, 0.05) is 18.6 Å². The Kier molecular flexibility index (Phi) is 4.51. The van der Waals surface area contributed by atoms with E-state index < -0.39 is 5.54 Å². The van der Waals surface area contributed by atoms with Crippen LogP contribution in [0.3, 0.4) is 0 Å². The van der Waals surface area contributed by atoms with Crippen LogP contribution in [0, 0.1) is 5.92 Å². The fraction of sp³-hybridized carbons (Fsp3) is 0.933. The SMILES string of the molecule is CNC1(C(N)=O)CCCC(N(CC(C)C)C2CC2)C1. The first-order valence-electron chi connectivity index (χ1n) is 7.73. The van der Waals surface area contributed by atoms with Crippen LogP contribution in [0.25, 0.3) is 0 Å². The molecule has 2 fully saturated rings. The molecule has 0 heterocycles. The number of amides is 1. The summed E-state index contributed by atoms with van der Waals surface area (Å²) in [7, 11) is 1.87. The normalized spacial score (nSPS) is 31.9. The van der Waals surface area contributed by atoms with Gasteiger partial charge in [-0.1, -0.05) is 13.8 Å². The molecule has 110 valence electrons. The molecule has 3 N–H and O–H groups in total. The minimum atomic E-state index is -0.479. The van der Waals surface area contributed by atoms with Gasteiger partial charge < -0.3 is 11.1 Å². The molecule has 4 nitrogen and oxygen atoms in total. The highest BCUT2D eigenvalue weighted by Gasteiger charge is 2.44. The molecule has 0 aromatic heterocycles. The highest BCUT2D eigenvalue weighted by molar-refractivity contribution is 5.84. The van der Waals surface area contributed by atoms with Crippen LogP contribution < -0.4 is 11.1 Å². The number of rotatable bonds is 6. The Bertz CT molecular complexity index is 327. The number of nitrogens with one attached hydrogen (secondary N) is 1. The van der Waals surface area contributed by atoms with E-state index in [2.05, 4.69) is 24.1 Å². The summed E-state index contributed by atoms with van der Waals surface area (Å²) in [6.45, 7) is 5.70. The Hall–Kier alpha value is -0.610. The number of carbonyl (C=O) groups excluding carboxylic acids is 1. The van der Waals surface area contributed by atoms with E-state index in [1.54, 1.807) is 0 Å². The number of likely N-dealkylation sites (N-methyl/N-ethyl adjacent to an activating group) is 1. The summed E-state index contributed by atoms with van der Waals surface area (Å²) in [5, 5.41) is 3.21. The van der Waals surface area contributed by atoms with Crippen LogP contribution >= 0.6 is 0 Å². The van der Waals surface area contributed by atoms with Gasteiger partial charge in [0.2, 0.25) is 5.91 Å². The van der Waals surface area contributed by atoms with Crippen LogP contribution in [-0.2, 0) is 4.79 Å². The van der Waals surface area contributed by atoms with Crippen LogP contribution in [0.1, 0.15) is 52.4 Å². The summed E-state index contributed by atoms with van der Waals surface area (Å²) in [4.78, 5) is 14.5. The number of nitrogens with two attached hydrogens (primary N) is 1. The summed E-state index contributed by atoms with van der Waals surface area (Å²) >= 11 is 0. The molecule has 2 rings (SSSR count). The number of hydrogen-bond donors (Lipinski definition) is 2. The van der Waals surface area contributed by atoms with E-state index in [1.165, 1.54) is 19.3 Å². The van der Waals surface area contributed by atoms with Gasteiger partial charge in [0.15, 0.2) is 0 Å². The van der Waals surface area contributed by atoms with E-state index in [0.717, 1.165) is 31.8 Å². The van der Waals surface area contributed by atoms with Crippen molar-refractivity contribution in [2.45, 2.75) is 70.0 Å². The molecule has 4 heteroatoms. The summed E-state index contributed by atoms with van der Waals surface area (Å²) in [5.41, 5.74) is 5.17. The van der Waals surface area contributed by atoms with Gasteiger partial charge in [0.05, 0.1) is 5.54 Å². The zero-order valence-corrected chi connectivity index (χ0v) is 12.6. The molecule has 0 aromatic rings. The summed E-state index contributed by atoms with van der Waals surface area (Å²) in [6.07, 6.45) is 6.71. The van der Waals surface area contributed by atoms with E-state index >= 15 is 0 Å². The molecule has 1 amide bonds. The van der Waals surface area contributed by atoms with Gasteiger partial charge in [0.1, 0.15) is 0 Å². The fourth-order valence-corrected chi connectivity index (χ4v) is 3.53. The monoisotopic (exact) mass is 267 g/mol. The highest BCUT2D eigenvalue weighted by atomic mass is 16.1. The lowest BCUT2D eigenvalue weighted by Gasteiger charge is -2.43. The Morgan fingerprint density at radius 1 is 1.37 bits per heavy atom. The lowest BCUT2D eigenvalue weighted by Crippen LogP contribution is -2.60. The minimum Gasteiger partial charge on any atom is -0.368 e. The highest BCUT2D eigenvalue weighted by Crippen LogP contribution is 2.37. The molecule has 0 saturated heterocycles. The first-order chi connectivity index (χ1) is 8.98. The van der Waals surface area contributed by atoms with Gasteiger partial charge in [-0.3, -0.25) is 9.69 Å². The number of hydrogen-bond acceptors (Lipinski definition) is 3. The first kappa shape index (κ1) is 14.8. The summed E-state index contributed by atoms with van der Waals surface area (Å²) < 4.78 is 0. The predicted octanol–water partition coefficient (Wildman–Crippen LogP) is 1.49. The van der Waals surface area contributed by atoms with Crippen molar-refractivity contribution in [2.24, 2.45) is 11.7 Å². The van der Waals surface area contributed by atoms with Crippen molar-refractivity contribution < 1.29 is 4.79 Å². The molecular formula is C15H29N3O. The second kappa shape index (κ2) is 5.80. The van der Waals surface area contributed by atoms with Gasteiger partial charge >= 0.3 is 0 Å². The molecule has 2 aliphatic rings. The number of primary amides is 1. The van der Waals surface area contributed by atoms with Gasteiger partial charge in [-0.25, -0.2) is 0 Å². The van der Waals surface area contributed by atoms with Crippen molar-refractivity contribution in [1.82, 2.24) is 10.2 Å². The molecule has 2 aliphatic carbocycles. The fourth-order valence-electron chi connectivity index (χ4n) is 3.53. The quantitative estimate of drug-likeness (QED) is 0.766. The zero-order valence-electron chi connectivity index (χ0n) is 12.6. The van der Waals surface area contributed by atoms with Crippen LogP contribution in [0.5, 0.6) is 0 Å². The van der Waals surface area contributed by atoms with Crippen LogP contribution in [0.2, 0.25) is 0 Å². The average molecular weight is 267 g/mol. The maximum absolute atomic E-state index is 11.8. The summed E-state index contributed by atoms with van der Waals surface area (Å²) in [6, 6.07) is 1.27. The van der Waals surface area contributed by atoms with E-state index in [0.29, 0.717) is 12.0 Å². The molecule has 19 heavy (non-hydrogen) atoms. The second-order valence-corrected chi connectivity index (χ2v) is 6.77. The lowest BCUT2D eigenvalue weighted by atomic mass is 9.77. The summed E-state index contributed by atoms with van der Waals surface area (Å²) in [5.74, 6) is 0.500. The van der Waals surface area contributed by atoms with E-state index in [-0.39, 0.29) is 5.91 Å². The van der Waals surface area contributed by atoms with Crippen molar-refractivity contribution >= 4 is 5.91 Å². The minimum absolute atomic E-state index is 0.181. The van der Waals surface area contributed by atoms with Crippen LogP contribution in [0.15, 0.2) is 0 Å². The number of carbonyl (C=O) groups is 1. The first-order valence-corrected chi connectivity index (χ1v) is 7.73. The Morgan fingerprint density at radius 2 is 2.05 bits per heavy atom. The molecule has 0 bridgehead atoms. The van der Waals surface area contributed by atoms with Crippen LogP contribution in [-0.4, -0.2) is 42.0 Å². The molecule has 0 radical (unpaired) electrons. The lowest BCUT2D eigenvalue weighted by molar-refractivity contribution is -0.126. The van der Waals surface area contributed by atoms with Crippen molar-refractivity contribution in [3.05, 3.63) is 0 Å². The standard InChI is InChI=1S/C15H29N3O/c1-11(2)10-18(12-6-7-12)13-5-4-8-15(9-13,17-3)14(16)19/h11-13,17H,4-10H2,1-3H3,(H2,16,19). The third-order valence-corrected chi connectivity index (χ3v) is 4.74. The topological polar surface area (TPSA) is 58.4 Å². The zero-order chi connectivity index (χ0) is 14.0. The molecule has 2 atom stereocenters. The largest absolute Gasteiger partial charge is 0.368 e. The Labute approximate surface area is 117 Å². The molecule has 0 spiro atoms. The average Bonchev–Trinajstić information content (AvgIpc) is 3.19. The Morgan fingerprint density at radius 3 is 2.53 bits per heavy atom. The molecule has 0 aliphatic heterocycles. The van der Waals surface area contributed by atoms with Crippen molar-refractivity contribution in [2.75, 3.05) is 13.6 Å². The van der Waals surface area contributed by atoms with Gasteiger partial charge in [-0.2, -0.15) is 0 Å². The Balaban J connectivity index is 2.07. The van der Waals surface area contributed by atoms with Gasteiger partial charge in [0.25, 0.3) is 0 Å². The number of nitrogens with zero attached hydrogens (tertiary/aromatic N) is 1.